The van der Waals surface area contributed by atoms with E-state index in [0.717, 1.165) is 31.9 Å². The molecule has 0 bridgehead atoms. The fraction of sp³-hybridized carbons (Fsp3) is 0.458. The summed E-state index contributed by atoms with van der Waals surface area (Å²) < 4.78 is 10.8. The zero-order valence-electron chi connectivity index (χ0n) is 19.2. The van der Waals surface area contributed by atoms with E-state index in [2.05, 4.69) is 51.3 Å². The first-order chi connectivity index (χ1) is 14.9. The SMILES string of the molecule is COc1cccc(C(=O)NC[C@@H](c2ccc(N(C)C)cc2)N2CCN(C)CC2)c1OC. The third kappa shape index (κ3) is 5.48. The van der Waals surface area contributed by atoms with Gasteiger partial charge in [-0.05, 0) is 36.9 Å². The van der Waals surface area contributed by atoms with E-state index in [1.54, 1.807) is 32.4 Å². The average molecular weight is 427 g/mol. The van der Waals surface area contributed by atoms with Gasteiger partial charge in [-0.3, -0.25) is 9.69 Å². The van der Waals surface area contributed by atoms with E-state index in [1.807, 2.05) is 14.1 Å². The summed E-state index contributed by atoms with van der Waals surface area (Å²) in [5, 5.41) is 3.13. The zero-order valence-corrected chi connectivity index (χ0v) is 19.2. The quantitative estimate of drug-likeness (QED) is 0.700. The van der Waals surface area contributed by atoms with Crippen molar-refractivity contribution in [2.45, 2.75) is 6.04 Å². The number of methoxy groups -OCH3 is 2. The Morgan fingerprint density at radius 1 is 1.03 bits per heavy atom. The monoisotopic (exact) mass is 426 g/mol. The Morgan fingerprint density at radius 3 is 2.29 bits per heavy atom. The molecule has 1 aliphatic heterocycles. The molecule has 1 amide bonds. The highest BCUT2D eigenvalue weighted by Gasteiger charge is 2.25. The van der Waals surface area contributed by atoms with E-state index < -0.39 is 0 Å². The summed E-state index contributed by atoms with van der Waals surface area (Å²) in [5.74, 6) is 0.832. The highest BCUT2D eigenvalue weighted by Crippen LogP contribution is 2.31. The van der Waals surface area contributed by atoms with Gasteiger partial charge in [-0.15, -0.1) is 0 Å². The third-order valence-electron chi connectivity index (χ3n) is 5.88. The predicted molar refractivity (Wildman–Crippen MR) is 124 cm³/mol. The number of carbonyl (C=O) groups excluding carboxylic acids is 1. The second-order valence-electron chi connectivity index (χ2n) is 8.09. The molecular formula is C24H34N4O3. The van der Waals surface area contributed by atoms with Gasteiger partial charge in [0.2, 0.25) is 0 Å². The number of piperazine rings is 1. The summed E-state index contributed by atoms with van der Waals surface area (Å²) in [6.45, 7) is 4.49. The molecule has 31 heavy (non-hydrogen) atoms. The van der Waals surface area contributed by atoms with Crippen molar-refractivity contribution in [3.63, 3.8) is 0 Å². The van der Waals surface area contributed by atoms with Gasteiger partial charge in [0.1, 0.15) is 0 Å². The first-order valence-electron chi connectivity index (χ1n) is 10.6. The summed E-state index contributed by atoms with van der Waals surface area (Å²) in [6.07, 6.45) is 0. The number of hydrogen-bond donors (Lipinski definition) is 1. The summed E-state index contributed by atoms with van der Waals surface area (Å²) in [5.41, 5.74) is 2.83. The van der Waals surface area contributed by atoms with E-state index >= 15 is 0 Å². The molecule has 0 spiro atoms. The topological polar surface area (TPSA) is 57.3 Å². The molecule has 0 saturated carbocycles. The molecule has 2 aromatic rings. The number of para-hydroxylation sites is 1. The Labute approximate surface area is 185 Å². The summed E-state index contributed by atoms with van der Waals surface area (Å²) in [4.78, 5) is 19.9. The van der Waals surface area contributed by atoms with E-state index in [0.29, 0.717) is 23.6 Å². The Bertz CT molecular complexity index is 862. The number of hydrogen-bond acceptors (Lipinski definition) is 6. The number of benzene rings is 2. The Balaban J connectivity index is 1.79. The summed E-state index contributed by atoms with van der Waals surface area (Å²) >= 11 is 0. The van der Waals surface area contributed by atoms with Gasteiger partial charge in [-0.1, -0.05) is 18.2 Å². The van der Waals surface area contributed by atoms with Crippen molar-refractivity contribution < 1.29 is 14.3 Å². The maximum Gasteiger partial charge on any atom is 0.255 e. The molecule has 0 aliphatic carbocycles. The highest BCUT2D eigenvalue weighted by atomic mass is 16.5. The van der Waals surface area contributed by atoms with Crippen LogP contribution in [-0.2, 0) is 0 Å². The van der Waals surface area contributed by atoms with E-state index in [-0.39, 0.29) is 11.9 Å². The minimum Gasteiger partial charge on any atom is -0.493 e. The van der Waals surface area contributed by atoms with Gasteiger partial charge in [0, 0.05) is 52.5 Å². The zero-order chi connectivity index (χ0) is 22.4. The molecule has 1 atom stereocenters. The fourth-order valence-electron chi connectivity index (χ4n) is 3.94. The Hall–Kier alpha value is -2.77. The molecule has 168 valence electrons. The molecule has 7 nitrogen and oxygen atoms in total. The standard InChI is InChI=1S/C24H34N4O3/c1-26(2)19-11-9-18(10-12-19)21(28-15-13-27(3)14-16-28)17-25-24(29)20-7-6-8-22(30-4)23(20)31-5/h6-12,21H,13-17H2,1-5H3,(H,25,29)/t21-/m0/s1. The molecule has 1 N–H and O–H groups in total. The Kier molecular flexibility index (Phi) is 7.76. The van der Waals surface area contributed by atoms with Gasteiger partial charge in [-0.2, -0.15) is 0 Å². The van der Waals surface area contributed by atoms with Crippen LogP contribution in [0.15, 0.2) is 42.5 Å². The van der Waals surface area contributed by atoms with Crippen molar-refractivity contribution >= 4 is 11.6 Å². The molecule has 1 fully saturated rings. The van der Waals surface area contributed by atoms with Crippen molar-refractivity contribution in [2.24, 2.45) is 0 Å². The first kappa shape index (κ1) is 22.9. The number of amides is 1. The van der Waals surface area contributed by atoms with Crippen LogP contribution in [0.25, 0.3) is 0 Å². The largest absolute Gasteiger partial charge is 0.493 e. The van der Waals surface area contributed by atoms with Gasteiger partial charge in [0.05, 0.1) is 25.8 Å². The van der Waals surface area contributed by atoms with Crippen LogP contribution < -0.4 is 19.7 Å². The van der Waals surface area contributed by atoms with Gasteiger partial charge < -0.3 is 24.6 Å². The second kappa shape index (κ2) is 10.5. The molecule has 7 heteroatoms. The number of ether oxygens (including phenoxy) is 2. The molecule has 1 saturated heterocycles. The molecule has 0 radical (unpaired) electrons. The van der Waals surface area contributed by atoms with Crippen molar-refractivity contribution in [3.8, 4) is 11.5 Å². The Morgan fingerprint density at radius 2 is 1.71 bits per heavy atom. The van der Waals surface area contributed by atoms with Crippen molar-refractivity contribution in [1.29, 1.82) is 0 Å². The van der Waals surface area contributed by atoms with Crippen LogP contribution in [-0.4, -0.2) is 83.8 Å². The minimum absolute atomic E-state index is 0.102. The predicted octanol–water partition coefficient (Wildman–Crippen LogP) is 2.49. The van der Waals surface area contributed by atoms with Gasteiger partial charge in [-0.25, -0.2) is 0 Å². The van der Waals surface area contributed by atoms with E-state index in [9.17, 15) is 4.79 Å². The molecule has 1 heterocycles. The number of carbonyl (C=O) groups is 1. The van der Waals surface area contributed by atoms with Crippen molar-refractivity contribution in [2.75, 3.05) is 73.0 Å². The van der Waals surface area contributed by atoms with Crippen LogP contribution in [0.3, 0.4) is 0 Å². The fourth-order valence-corrected chi connectivity index (χ4v) is 3.94. The molecular weight excluding hydrogens is 392 g/mol. The van der Waals surface area contributed by atoms with Crippen LogP contribution in [0.2, 0.25) is 0 Å². The maximum absolute atomic E-state index is 13.0. The van der Waals surface area contributed by atoms with E-state index in [1.165, 1.54) is 5.56 Å². The average Bonchev–Trinajstić information content (AvgIpc) is 2.79. The lowest BCUT2D eigenvalue weighted by Crippen LogP contribution is -2.48. The number of rotatable bonds is 8. The lowest BCUT2D eigenvalue weighted by molar-refractivity contribution is 0.0883. The molecule has 3 rings (SSSR count). The highest BCUT2D eigenvalue weighted by molar-refractivity contribution is 5.97. The third-order valence-corrected chi connectivity index (χ3v) is 5.88. The first-order valence-corrected chi connectivity index (χ1v) is 10.6. The van der Waals surface area contributed by atoms with Crippen molar-refractivity contribution in [3.05, 3.63) is 53.6 Å². The second-order valence-corrected chi connectivity index (χ2v) is 8.09. The maximum atomic E-state index is 13.0. The molecule has 0 aromatic heterocycles. The van der Waals surface area contributed by atoms with Crippen LogP contribution in [0, 0.1) is 0 Å². The smallest absolute Gasteiger partial charge is 0.255 e. The molecule has 1 aliphatic rings. The van der Waals surface area contributed by atoms with E-state index in [4.69, 9.17) is 9.47 Å². The number of likely N-dealkylation sites (N-methyl/N-ethyl adjacent to an activating group) is 1. The number of nitrogens with one attached hydrogen (secondary N) is 1. The number of anilines is 1. The van der Waals surface area contributed by atoms with Crippen molar-refractivity contribution in [1.82, 2.24) is 15.1 Å². The summed E-state index contributed by atoms with van der Waals surface area (Å²) in [7, 11) is 9.34. The number of nitrogens with zero attached hydrogens (tertiary/aromatic N) is 3. The molecule has 2 aromatic carbocycles. The minimum atomic E-state index is -0.167. The van der Waals surface area contributed by atoms with Crippen LogP contribution in [0.4, 0.5) is 5.69 Å². The lowest BCUT2D eigenvalue weighted by atomic mass is 10.0. The summed E-state index contributed by atoms with van der Waals surface area (Å²) in [6, 6.07) is 14.0. The van der Waals surface area contributed by atoms with Crippen LogP contribution >= 0.6 is 0 Å². The van der Waals surface area contributed by atoms with Gasteiger partial charge >= 0.3 is 0 Å². The van der Waals surface area contributed by atoms with Crippen LogP contribution in [0.1, 0.15) is 22.0 Å². The van der Waals surface area contributed by atoms with Gasteiger partial charge in [0.25, 0.3) is 5.91 Å². The lowest BCUT2D eigenvalue weighted by Gasteiger charge is -2.38. The van der Waals surface area contributed by atoms with Gasteiger partial charge in [0.15, 0.2) is 11.5 Å². The van der Waals surface area contributed by atoms with Crippen LogP contribution in [0.5, 0.6) is 11.5 Å². The normalized spacial score (nSPS) is 15.9. The molecule has 0 unspecified atom stereocenters.